The van der Waals surface area contributed by atoms with Crippen LogP contribution in [0.3, 0.4) is 0 Å². The number of carbonyl (C=O) groups is 2. The number of aromatic nitrogens is 1. The summed E-state index contributed by atoms with van der Waals surface area (Å²) in [6.07, 6.45) is 0. The number of nitrogens with one attached hydrogen (secondary N) is 1. The molecule has 6 nitrogen and oxygen atoms in total. The van der Waals surface area contributed by atoms with Gasteiger partial charge in [-0.1, -0.05) is 30.3 Å². The number of amides is 2. The molecule has 0 aliphatic carbocycles. The third-order valence-corrected chi connectivity index (χ3v) is 4.04. The summed E-state index contributed by atoms with van der Waals surface area (Å²) in [5.41, 5.74) is 2.26. The molecular formula is C19H15N3O3. The largest absolute Gasteiger partial charge is 0.441 e. The Labute approximate surface area is 144 Å². The molecule has 0 atom stereocenters. The van der Waals surface area contributed by atoms with Crippen LogP contribution in [0, 0.1) is 6.92 Å². The van der Waals surface area contributed by atoms with E-state index in [9.17, 15) is 9.59 Å². The Balaban J connectivity index is 1.73. The van der Waals surface area contributed by atoms with E-state index < -0.39 is 0 Å². The molecule has 2 amide bonds. The summed E-state index contributed by atoms with van der Waals surface area (Å²) < 4.78 is 5.67. The SMILES string of the molecule is Cc1oc(-c2ccccc2)nc1C(=O)N1CC(=O)Nc2ccccc21. The molecule has 1 aromatic heterocycles. The summed E-state index contributed by atoms with van der Waals surface area (Å²) in [6.45, 7) is 1.64. The van der Waals surface area contributed by atoms with Gasteiger partial charge in [0.15, 0.2) is 5.69 Å². The van der Waals surface area contributed by atoms with Crippen LogP contribution >= 0.6 is 0 Å². The molecule has 0 saturated heterocycles. The first-order valence-corrected chi connectivity index (χ1v) is 7.87. The predicted molar refractivity (Wildman–Crippen MR) is 93.4 cm³/mol. The number of nitrogens with zero attached hydrogens (tertiary/aromatic N) is 2. The number of para-hydroxylation sites is 2. The van der Waals surface area contributed by atoms with E-state index in [-0.39, 0.29) is 24.1 Å². The molecule has 1 aliphatic rings. The Morgan fingerprint density at radius 2 is 1.84 bits per heavy atom. The Morgan fingerprint density at radius 3 is 2.64 bits per heavy atom. The molecule has 0 bridgehead atoms. The highest BCUT2D eigenvalue weighted by Gasteiger charge is 2.30. The van der Waals surface area contributed by atoms with Crippen molar-refractivity contribution in [3.05, 3.63) is 66.1 Å². The van der Waals surface area contributed by atoms with E-state index >= 15 is 0 Å². The quantitative estimate of drug-likeness (QED) is 0.781. The lowest BCUT2D eigenvalue weighted by Crippen LogP contribution is -2.42. The van der Waals surface area contributed by atoms with E-state index in [4.69, 9.17) is 4.42 Å². The first kappa shape index (κ1) is 15.1. The predicted octanol–water partition coefficient (Wildman–Crippen LogP) is 3.25. The van der Waals surface area contributed by atoms with Crippen LogP contribution in [0.2, 0.25) is 0 Å². The number of aryl methyl sites for hydroxylation is 1. The number of hydrogen-bond donors (Lipinski definition) is 1. The van der Waals surface area contributed by atoms with Gasteiger partial charge >= 0.3 is 0 Å². The first-order chi connectivity index (χ1) is 12.1. The Hall–Kier alpha value is -3.41. The van der Waals surface area contributed by atoms with Gasteiger partial charge in [0.1, 0.15) is 12.3 Å². The second kappa shape index (κ2) is 5.90. The highest BCUT2D eigenvalue weighted by atomic mass is 16.4. The first-order valence-electron chi connectivity index (χ1n) is 7.87. The molecular weight excluding hydrogens is 318 g/mol. The third kappa shape index (κ3) is 2.67. The van der Waals surface area contributed by atoms with Crippen molar-refractivity contribution in [2.45, 2.75) is 6.92 Å². The van der Waals surface area contributed by atoms with Crippen molar-refractivity contribution in [1.29, 1.82) is 0 Å². The Kier molecular flexibility index (Phi) is 3.57. The maximum absolute atomic E-state index is 13.0. The van der Waals surface area contributed by atoms with Crippen LogP contribution in [0.5, 0.6) is 0 Å². The van der Waals surface area contributed by atoms with Gasteiger partial charge in [0.05, 0.1) is 11.4 Å². The van der Waals surface area contributed by atoms with Gasteiger partial charge in [-0.05, 0) is 31.2 Å². The fourth-order valence-corrected chi connectivity index (χ4v) is 2.84. The normalized spacial score (nSPS) is 13.3. The van der Waals surface area contributed by atoms with Crippen LogP contribution in [0.4, 0.5) is 11.4 Å². The van der Waals surface area contributed by atoms with Gasteiger partial charge in [0.2, 0.25) is 11.8 Å². The molecule has 0 saturated carbocycles. The van der Waals surface area contributed by atoms with E-state index in [1.165, 1.54) is 4.90 Å². The Morgan fingerprint density at radius 1 is 1.12 bits per heavy atom. The molecule has 2 heterocycles. The van der Waals surface area contributed by atoms with Crippen LogP contribution in [-0.2, 0) is 4.79 Å². The molecule has 25 heavy (non-hydrogen) atoms. The van der Waals surface area contributed by atoms with Crippen LogP contribution in [0.15, 0.2) is 59.0 Å². The second-order valence-electron chi connectivity index (χ2n) is 5.75. The Bertz CT molecular complexity index is 963. The van der Waals surface area contributed by atoms with Crippen molar-refractivity contribution >= 4 is 23.2 Å². The average Bonchev–Trinajstić information content (AvgIpc) is 3.03. The van der Waals surface area contributed by atoms with Crippen molar-refractivity contribution in [3.63, 3.8) is 0 Å². The molecule has 124 valence electrons. The zero-order valence-electron chi connectivity index (χ0n) is 13.5. The minimum absolute atomic E-state index is 0.0528. The van der Waals surface area contributed by atoms with Crippen molar-refractivity contribution < 1.29 is 14.0 Å². The molecule has 0 radical (unpaired) electrons. The van der Waals surface area contributed by atoms with Gasteiger partial charge < -0.3 is 9.73 Å². The summed E-state index contributed by atoms with van der Waals surface area (Å²) in [4.78, 5) is 30.7. The molecule has 1 N–H and O–H groups in total. The fourth-order valence-electron chi connectivity index (χ4n) is 2.84. The average molecular weight is 333 g/mol. The van der Waals surface area contributed by atoms with Gasteiger partial charge in [0.25, 0.3) is 5.91 Å². The van der Waals surface area contributed by atoms with E-state index in [1.54, 1.807) is 19.1 Å². The number of rotatable bonds is 2. The molecule has 4 rings (SSSR count). The standard InChI is InChI=1S/C19H15N3O3/c1-12-17(21-18(25-12)13-7-3-2-4-8-13)19(24)22-11-16(23)20-14-9-5-6-10-15(14)22/h2-10H,11H2,1H3,(H,20,23). The number of hydrogen-bond acceptors (Lipinski definition) is 4. The molecule has 0 unspecified atom stereocenters. The maximum Gasteiger partial charge on any atom is 0.281 e. The monoisotopic (exact) mass is 333 g/mol. The third-order valence-electron chi connectivity index (χ3n) is 4.04. The smallest absolute Gasteiger partial charge is 0.281 e. The number of oxazole rings is 1. The lowest BCUT2D eigenvalue weighted by molar-refractivity contribution is -0.115. The molecule has 1 aliphatic heterocycles. The van der Waals surface area contributed by atoms with E-state index in [0.29, 0.717) is 23.0 Å². The second-order valence-corrected chi connectivity index (χ2v) is 5.75. The molecule has 3 aromatic rings. The van der Waals surface area contributed by atoms with Gasteiger partial charge in [0, 0.05) is 5.56 Å². The minimum Gasteiger partial charge on any atom is -0.441 e. The van der Waals surface area contributed by atoms with E-state index in [2.05, 4.69) is 10.3 Å². The molecule has 0 spiro atoms. The summed E-state index contributed by atoms with van der Waals surface area (Å²) in [5.74, 6) is 0.214. The van der Waals surface area contributed by atoms with Crippen molar-refractivity contribution in [3.8, 4) is 11.5 Å². The van der Waals surface area contributed by atoms with Crippen LogP contribution in [0.25, 0.3) is 11.5 Å². The fraction of sp³-hybridized carbons (Fsp3) is 0.105. The molecule has 2 aromatic carbocycles. The molecule has 6 heteroatoms. The summed E-state index contributed by atoms with van der Waals surface area (Å²) in [6, 6.07) is 16.6. The van der Waals surface area contributed by atoms with Crippen LogP contribution < -0.4 is 10.2 Å². The zero-order chi connectivity index (χ0) is 17.4. The van der Waals surface area contributed by atoms with Crippen molar-refractivity contribution in [2.24, 2.45) is 0 Å². The maximum atomic E-state index is 13.0. The van der Waals surface area contributed by atoms with Gasteiger partial charge in [-0.2, -0.15) is 0 Å². The zero-order valence-corrected chi connectivity index (χ0v) is 13.5. The van der Waals surface area contributed by atoms with E-state index in [1.807, 2.05) is 42.5 Å². The lowest BCUT2D eigenvalue weighted by atomic mass is 10.1. The summed E-state index contributed by atoms with van der Waals surface area (Å²) in [5, 5.41) is 2.77. The number of benzene rings is 2. The number of anilines is 2. The summed E-state index contributed by atoms with van der Waals surface area (Å²) in [7, 11) is 0. The highest BCUT2D eigenvalue weighted by molar-refractivity contribution is 6.14. The van der Waals surface area contributed by atoms with Gasteiger partial charge in [-0.3, -0.25) is 14.5 Å². The van der Waals surface area contributed by atoms with Crippen LogP contribution in [0.1, 0.15) is 16.2 Å². The topological polar surface area (TPSA) is 75.4 Å². The van der Waals surface area contributed by atoms with Crippen molar-refractivity contribution in [1.82, 2.24) is 4.98 Å². The van der Waals surface area contributed by atoms with Gasteiger partial charge in [-0.25, -0.2) is 4.98 Å². The minimum atomic E-state index is -0.356. The summed E-state index contributed by atoms with van der Waals surface area (Å²) >= 11 is 0. The van der Waals surface area contributed by atoms with Crippen LogP contribution in [-0.4, -0.2) is 23.3 Å². The van der Waals surface area contributed by atoms with E-state index in [0.717, 1.165) is 5.56 Å². The van der Waals surface area contributed by atoms with Crippen molar-refractivity contribution in [2.75, 3.05) is 16.8 Å². The molecule has 0 fully saturated rings. The number of carbonyl (C=O) groups excluding carboxylic acids is 2. The number of fused-ring (bicyclic) bond motifs is 1. The lowest BCUT2D eigenvalue weighted by Gasteiger charge is -2.28. The highest BCUT2D eigenvalue weighted by Crippen LogP contribution is 2.31. The van der Waals surface area contributed by atoms with Gasteiger partial charge in [-0.15, -0.1) is 0 Å².